The van der Waals surface area contributed by atoms with Crippen LogP contribution in [0.25, 0.3) is 0 Å². The van der Waals surface area contributed by atoms with Crippen LogP contribution in [0.2, 0.25) is 5.02 Å². The van der Waals surface area contributed by atoms with Gasteiger partial charge in [0.25, 0.3) is 5.91 Å². The molecule has 1 spiro atoms. The fourth-order valence-corrected chi connectivity index (χ4v) is 6.82. The third-order valence-corrected chi connectivity index (χ3v) is 9.35. The fourth-order valence-electron chi connectivity index (χ4n) is 6.64. The first kappa shape index (κ1) is 24.8. The molecule has 2 saturated carbocycles. The number of benzene rings is 1. The summed E-state index contributed by atoms with van der Waals surface area (Å²) in [5, 5.41) is 12.4. The van der Waals surface area contributed by atoms with Crippen molar-refractivity contribution < 1.29 is 14.1 Å². The van der Waals surface area contributed by atoms with Gasteiger partial charge in [-0.1, -0.05) is 16.8 Å². The second-order valence-corrected chi connectivity index (χ2v) is 12.3. The number of amides is 2. The lowest BCUT2D eigenvalue weighted by Crippen LogP contribution is -2.47. The van der Waals surface area contributed by atoms with E-state index >= 15 is 0 Å². The number of likely N-dealkylation sites (tertiary alicyclic amines) is 1. The Labute approximate surface area is 232 Å². The zero-order valence-corrected chi connectivity index (χ0v) is 22.9. The summed E-state index contributed by atoms with van der Waals surface area (Å²) in [6, 6.07) is 7.76. The van der Waals surface area contributed by atoms with E-state index in [2.05, 4.69) is 26.7 Å². The number of likely N-dealkylation sites (N-methyl/N-ethyl adjacent to an activating group) is 1. The molecule has 2 aliphatic carbocycles. The molecule has 1 saturated heterocycles. The molecule has 4 aliphatic rings. The lowest BCUT2D eigenvalue weighted by molar-refractivity contribution is -0.124. The minimum atomic E-state index is -0.460. The zero-order chi connectivity index (χ0) is 26.7. The van der Waals surface area contributed by atoms with Gasteiger partial charge < -0.3 is 14.7 Å². The predicted octanol–water partition coefficient (Wildman–Crippen LogP) is 4.12. The molecule has 7 rings (SSSR count). The number of anilines is 1. The van der Waals surface area contributed by atoms with Crippen molar-refractivity contribution in [3.8, 4) is 0 Å². The Bertz CT molecular complexity index is 1410. The number of piperidine rings is 1. The van der Waals surface area contributed by atoms with Crippen LogP contribution in [0.1, 0.15) is 71.8 Å². The normalized spacial score (nSPS) is 24.2. The van der Waals surface area contributed by atoms with Gasteiger partial charge in [-0.25, -0.2) is 0 Å². The van der Waals surface area contributed by atoms with Crippen LogP contribution < -0.4 is 10.2 Å². The van der Waals surface area contributed by atoms with Crippen LogP contribution in [0.3, 0.4) is 0 Å². The van der Waals surface area contributed by atoms with Crippen molar-refractivity contribution in [3.63, 3.8) is 0 Å². The highest BCUT2D eigenvalue weighted by molar-refractivity contribution is 6.31. The van der Waals surface area contributed by atoms with Crippen LogP contribution in [0.15, 0.2) is 41.2 Å². The van der Waals surface area contributed by atoms with E-state index in [1.165, 1.54) is 5.56 Å². The molecule has 0 radical (unpaired) electrons. The average molecular weight is 549 g/mol. The standard InChI is InChI=1S/C29H33ClN6O3/c1-34-25-5-4-21(30)12-23(25)29(28(34)38)6-8-35(9-7-29)15-19-14-31-36(17-19)16-18-10-22(11-18)32-27(37)26-13-24(33-39-26)20-2-3-20/h4-5,12-14,17-18,20,22H,2-3,6-11,15-16H2,1H3,(H,32,37). The summed E-state index contributed by atoms with van der Waals surface area (Å²) < 4.78 is 7.26. The van der Waals surface area contributed by atoms with Gasteiger partial charge in [0.15, 0.2) is 0 Å². The Hall–Kier alpha value is -3.17. The molecule has 0 unspecified atom stereocenters. The van der Waals surface area contributed by atoms with Crippen LogP contribution in [0.4, 0.5) is 5.69 Å². The molecule has 9 nitrogen and oxygen atoms in total. The third kappa shape index (κ3) is 4.55. The molecule has 1 N–H and O–H groups in total. The van der Waals surface area contributed by atoms with Crippen molar-refractivity contribution in [2.24, 2.45) is 5.92 Å². The Morgan fingerprint density at radius 1 is 1.21 bits per heavy atom. The molecular weight excluding hydrogens is 516 g/mol. The van der Waals surface area contributed by atoms with E-state index in [1.807, 2.05) is 36.1 Å². The maximum Gasteiger partial charge on any atom is 0.290 e. The topological polar surface area (TPSA) is 96.5 Å². The summed E-state index contributed by atoms with van der Waals surface area (Å²) in [5.74, 6) is 1.31. The van der Waals surface area contributed by atoms with Crippen LogP contribution in [0.5, 0.6) is 0 Å². The summed E-state index contributed by atoms with van der Waals surface area (Å²) in [5.41, 5.74) is 3.69. The van der Waals surface area contributed by atoms with Crippen molar-refractivity contribution in [2.45, 2.75) is 69.0 Å². The fraction of sp³-hybridized carbons (Fsp3) is 0.517. The number of halogens is 1. The smallest absolute Gasteiger partial charge is 0.290 e. The van der Waals surface area contributed by atoms with E-state index < -0.39 is 5.41 Å². The van der Waals surface area contributed by atoms with Crippen LogP contribution in [-0.4, -0.2) is 57.8 Å². The van der Waals surface area contributed by atoms with Gasteiger partial charge in [-0.05, 0) is 81.3 Å². The van der Waals surface area contributed by atoms with Gasteiger partial charge in [0, 0.05) is 60.6 Å². The van der Waals surface area contributed by atoms with Crippen LogP contribution in [-0.2, 0) is 23.3 Å². The first-order valence-electron chi connectivity index (χ1n) is 14.0. The van der Waals surface area contributed by atoms with Gasteiger partial charge in [0.05, 0.1) is 17.3 Å². The highest BCUT2D eigenvalue weighted by Crippen LogP contribution is 2.48. The lowest BCUT2D eigenvalue weighted by Gasteiger charge is -2.38. The number of aromatic nitrogens is 3. The second-order valence-electron chi connectivity index (χ2n) is 11.9. The van der Waals surface area contributed by atoms with E-state index in [-0.39, 0.29) is 17.9 Å². The highest BCUT2D eigenvalue weighted by Gasteiger charge is 2.51. The lowest BCUT2D eigenvalue weighted by atomic mass is 9.73. The quantitative estimate of drug-likeness (QED) is 0.477. The van der Waals surface area contributed by atoms with Gasteiger partial charge in [-0.2, -0.15) is 5.10 Å². The number of carbonyl (C=O) groups excluding carboxylic acids is 2. The first-order valence-corrected chi connectivity index (χ1v) is 14.3. The van der Waals surface area contributed by atoms with E-state index in [4.69, 9.17) is 16.1 Å². The summed E-state index contributed by atoms with van der Waals surface area (Å²) in [4.78, 5) is 29.9. The number of nitrogens with zero attached hydrogens (tertiary/aromatic N) is 5. The minimum absolute atomic E-state index is 0.167. The number of hydrogen-bond acceptors (Lipinski definition) is 6. The van der Waals surface area contributed by atoms with Gasteiger partial charge >= 0.3 is 0 Å². The number of nitrogens with one attached hydrogen (secondary N) is 1. The van der Waals surface area contributed by atoms with Gasteiger partial charge in [-0.3, -0.25) is 19.2 Å². The Morgan fingerprint density at radius 2 is 2.00 bits per heavy atom. The number of carbonyl (C=O) groups is 2. The number of hydrogen-bond donors (Lipinski definition) is 1. The Morgan fingerprint density at radius 3 is 2.77 bits per heavy atom. The van der Waals surface area contributed by atoms with E-state index in [0.29, 0.717) is 22.6 Å². The molecular formula is C29H33ClN6O3. The SMILES string of the molecule is CN1C(=O)C2(CCN(Cc3cnn(CC4CC(NC(=O)c5cc(C6CC6)no5)C4)c3)CC2)c2cc(Cl)ccc21. The van der Waals surface area contributed by atoms with Crippen molar-refractivity contribution in [1.29, 1.82) is 0 Å². The summed E-state index contributed by atoms with van der Waals surface area (Å²) in [6.07, 6.45) is 9.82. The molecule has 2 amide bonds. The average Bonchev–Trinajstić information content (AvgIpc) is 3.40. The molecule has 2 aliphatic heterocycles. The Kier molecular flexibility index (Phi) is 6.04. The van der Waals surface area contributed by atoms with Gasteiger partial charge in [0.1, 0.15) is 0 Å². The van der Waals surface area contributed by atoms with Crippen molar-refractivity contribution in [2.75, 3.05) is 25.0 Å². The summed E-state index contributed by atoms with van der Waals surface area (Å²) >= 11 is 6.30. The Balaban J connectivity index is 0.887. The number of fused-ring (bicyclic) bond motifs is 2. The summed E-state index contributed by atoms with van der Waals surface area (Å²) in [6.45, 7) is 3.38. The van der Waals surface area contributed by atoms with E-state index in [0.717, 1.165) is 81.6 Å². The highest BCUT2D eigenvalue weighted by atomic mass is 35.5. The van der Waals surface area contributed by atoms with Crippen LogP contribution in [0, 0.1) is 5.92 Å². The zero-order valence-electron chi connectivity index (χ0n) is 22.1. The maximum atomic E-state index is 13.3. The molecule has 2 aromatic heterocycles. The molecule has 0 atom stereocenters. The minimum Gasteiger partial charge on any atom is -0.351 e. The molecule has 0 bridgehead atoms. The molecule has 3 aromatic rings. The second kappa shape index (κ2) is 9.48. The number of rotatable bonds is 7. The van der Waals surface area contributed by atoms with Crippen molar-refractivity contribution in [3.05, 3.63) is 64.3 Å². The van der Waals surface area contributed by atoms with Crippen molar-refractivity contribution >= 4 is 29.1 Å². The maximum absolute atomic E-state index is 13.3. The third-order valence-electron chi connectivity index (χ3n) is 9.12. The van der Waals surface area contributed by atoms with Crippen molar-refractivity contribution in [1.82, 2.24) is 25.2 Å². The molecule has 39 heavy (non-hydrogen) atoms. The van der Waals surface area contributed by atoms with Gasteiger partial charge in [-0.15, -0.1) is 0 Å². The molecule has 3 fully saturated rings. The molecule has 10 heteroatoms. The largest absolute Gasteiger partial charge is 0.351 e. The summed E-state index contributed by atoms with van der Waals surface area (Å²) in [7, 11) is 1.86. The van der Waals surface area contributed by atoms with E-state index in [9.17, 15) is 9.59 Å². The van der Waals surface area contributed by atoms with Gasteiger partial charge in [0.2, 0.25) is 11.7 Å². The van der Waals surface area contributed by atoms with Crippen LogP contribution >= 0.6 is 11.6 Å². The first-order chi connectivity index (χ1) is 18.9. The monoisotopic (exact) mass is 548 g/mol. The molecule has 4 heterocycles. The molecule has 204 valence electrons. The predicted molar refractivity (Wildman–Crippen MR) is 146 cm³/mol. The molecule has 1 aromatic carbocycles. The van der Waals surface area contributed by atoms with E-state index in [1.54, 1.807) is 11.0 Å².